The lowest BCUT2D eigenvalue weighted by molar-refractivity contribution is -0.121. The molecule has 0 spiro atoms. The fourth-order valence-electron chi connectivity index (χ4n) is 3.33. The zero-order valence-electron chi connectivity index (χ0n) is 15.4. The van der Waals surface area contributed by atoms with Crippen molar-refractivity contribution in [3.8, 4) is 0 Å². The molecule has 1 aliphatic rings. The number of rotatable bonds is 6. The zero-order valence-corrected chi connectivity index (χ0v) is 17.0. The van der Waals surface area contributed by atoms with Gasteiger partial charge in [0, 0.05) is 17.6 Å². The molecule has 0 saturated heterocycles. The Morgan fingerprint density at radius 2 is 2.19 bits per heavy atom. The first-order valence-corrected chi connectivity index (χ1v) is 10.5. The summed E-state index contributed by atoms with van der Waals surface area (Å²) < 4.78 is 1.55. The number of aromatic nitrogens is 2. The Morgan fingerprint density at radius 1 is 1.44 bits per heavy atom. The topological polar surface area (TPSA) is 64.0 Å². The van der Waals surface area contributed by atoms with Gasteiger partial charge < -0.3 is 5.32 Å². The first-order chi connectivity index (χ1) is 13.0. The van der Waals surface area contributed by atoms with E-state index in [0.717, 1.165) is 12.8 Å². The smallest absolute Gasteiger partial charge is 0.262 e. The molecule has 27 heavy (non-hydrogen) atoms. The van der Waals surface area contributed by atoms with Gasteiger partial charge in [-0.3, -0.25) is 14.2 Å². The summed E-state index contributed by atoms with van der Waals surface area (Å²) in [6, 6.07) is 5.29. The number of halogens is 1. The zero-order chi connectivity index (χ0) is 19.4. The molecule has 1 amide bonds. The molecule has 1 aromatic heterocycles. The van der Waals surface area contributed by atoms with Gasteiger partial charge in [-0.15, -0.1) is 6.58 Å². The molecule has 144 valence electrons. The second-order valence-corrected chi connectivity index (χ2v) is 8.61. The molecular weight excluding hydrogens is 382 g/mol. The van der Waals surface area contributed by atoms with Gasteiger partial charge in [0.1, 0.15) is 0 Å². The SMILES string of the molecule is C=CCn1c(SC(C)C(=O)NC2CCCCC2)nc2cc(Cl)ccc2c1=O. The van der Waals surface area contributed by atoms with Crippen molar-refractivity contribution in [3.05, 3.63) is 46.2 Å². The highest BCUT2D eigenvalue weighted by molar-refractivity contribution is 8.00. The fraction of sp³-hybridized carbons (Fsp3) is 0.450. The number of nitrogens with zero attached hydrogens (tertiary/aromatic N) is 2. The number of fused-ring (bicyclic) bond motifs is 1. The summed E-state index contributed by atoms with van der Waals surface area (Å²) in [5, 5.41) is 4.31. The van der Waals surface area contributed by atoms with E-state index in [0.29, 0.717) is 27.6 Å². The molecule has 2 aromatic rings. The van der Waals surface area contributed by atoms with Crippen LogP contribution in [0.3, 0.4) is 0 Å². The summed E-state index contributed by atoms with van der Waals surface area (Å²) in [4.78, 5) is 30.0. The molecule has 1 aromatic carbocycles. The second kappa shape index (κ2) is 8.93. The van der Waals surface area contributed by atoms with E-state index in [9.17, 15) is 9.59 Å². The number of carbonyl (C=O) groups is 1. The molecule has 1 heterocycles. The first kappa shape index (κ1) is 20.0. The molecule has 0 bridgehead atoms. The van der Waals surface area contributed by atoms with Crippen molar-refractivity contribution in [3.63, 3.8) is 0 Å². The molecule has 1 atom stereocenters. The lowest BCUT2D eigenvalue weighted by atomic mass is 9.95. The number of thioether (sulfide) groups is 1. The van der Waals surface area contributed by atoms with E-state index in [1.54, 1.807) is 28.8 Å². The van der Waals surface area contributed by atoms with Crippen LogP contribution in [0.4, 0.5) is 0 Å². The van der Waals surface area contributed by atoms with Crippen LogP contribution in [0.1, 0.15) is 39.0 Å². The maximum atomic E-state index is 12.8. The number of amides is 1. The van der Waals surface area contributed by atoms with E-state index in [1.807, 2.05) is 6.92 Å². The number of carbonyl (C=O) groups excluding carboxylic acids is 1. The fourth-order valence-corrected chi connectivity index (χ4v) is 4.42. The van der Waals surface area contributed by atoms with Gasteiger partial charge in [-0.2, -0.15) is 0 Å². The summed E-state index contributed by atoms with van der Waals surface area (Å²) in [7, 11) is 0. The lowest BCUT2D eigenvalue weighted by Crippen LogP contribution is -2.40. The maximum Gasteiger partial charge on any atom is 0.262 e. The minimum atomic E-state index is -0.355. The predicted octanol–water partition coefficient (Wildman–Crippen LogP) is 4.17. The minimum absolute atomic E-state index is 0.0162. The van der Waals surface area contributed by atoms with Gasteiger partial charge in [0.05, 0.1) is 16.2 Å². The Bertz CT molecular complexity index is 906. The predicted molar refractivity (Wildman–Crippen MR) is 112 cm³/mol. The number of allylic oxidation sites excluding steroid dienone is 1. The van der Waals surface area contributed by atoms with Crippen LogP contribution in [0.5, 0.6) is 0 Å². The van der Waals surface area contributed by atoms with Crippen LogP contribution in [0, 0.1) is 0 Å². The van der Waals surface area contributed by atoms with E-state index in [-0.39, 0.29) is 22.8 Å². The average Bonchev–Trinajstić information content (AvgIpc) is 2.65. The highest BCUT2D eigenvalue weighted by Gasteiger charge is 2.22. The van der Waals surface area contributed by atoms with Gasteiger partial charge in [0.2, 0.25) is 5.91 Å². The van der Waals surface area contributed by atoms with Gasteiger partial charge in [-0.1, -0.05) is 48.7 Å². The van der Waals surface area contributed by atoms with Crippen LogP contribution in [0.25, 0.3) is 10.9 Å². The molecule has 3 rings (SSSR count). The summed E-state index contributed by atoms with van der Waals surface area (Å²) >= 11 is 7.34. The molecule has 1 aliphatic carbocycles. The molecule has 0 radical (unpaired) electrons. The highest BCUT2D eigenvalue weighted by Crippen LogP contribution is 2.25. The van der Waals surface area contributed by atoms with Gasteiger partial charge in [-0.25, -0.2) is 4.98 Å². The Kier molecular flexibility index (Phi) is 6.60. The van der Waals surface area contributed by atoms with Gasteiger partial charge in [0.15, 0.2) is 5.16 Å². The third kappa shape index (κ3) is 4.74. The van der Waals surface area contributed by atoms with E-state index in [4.69, 9.17) is 11.6 Å². The Hall–Kier alpha value is -1.79. The molecule has 7 heteroatoms. The Balaban J connectivity index is 1.85. The number of hydrogen-bond acceptors (Lipinski definition) is 4. The minimum Gasteiger partial charge on any atom is -0.352 e. The van der Waals surface area contributed by atoms with Crippen LogP contribution >= 0.6 is 23.4 Å². The number of benzene rings is 1. The normalized spacial score (nSPS) is 16.2. The maximum absolute atomic E-state index is 12.8. The molecular formula is C20H24ClN3O2S. The molecule has 1 saturated carbocycles. The van der Waals surface area contributed by atoms with Crippen molar-refractivity contribution >= 4 is 40.2 Å². The standard InChI is InChI=1S/C20H24ClN3O2S/c1-3-11-24-19(26)16-10-9-14(21)12-17(16)23-20(24)27-13(2)18(25)22-15-7-5-4-6-8-15/h3,9-10,12-13,15H,1,4-8,11H2,2H3,(H,22,25). The van der Waals surface area contributed by atoms with Crippen molar-refractivity contribution in [1.29, 1.82) is 0 Å². The molecule has 1 fully saturated rings. The number of nitrogens with one attached hydrogen (secondary N) is 1. The van der Waals surface area contributed by atoms with Crippen LogP contribution in [0.15, 0.2) is 40.8 Å². The van der Waals surface area contributed by atoms with Crippen LogP contribution in [0.2, 0.25) is 5.02 Å². The first-order valence-electron chi connectivity index (χ1n) is 9.27. The van der Waals surface area contributed by atoms with E-state index in [1.165, 1.54) is 31.0 Å². The molecule has 1 N–H and O–H groups in total. The largest absolute Gasteiger partial charge is 0.352 e. The highest BCUT2D eigenvalue weighted by atomic mass is 35.5. The van der Waals surface area contributed by atoms with Crippen LogP contribution in [-0.2, 0) is 11.3 Å². The van der Waals surface area contributed by atoms with E-state index < -0.39 is 0 Å². The van der Waals surface area contributed by atoms with E-state index in [2.05, 4.69) is 16.9 Å². The van der Waals surface area contributed by atoms with Crippen molar-refractivity contribution in [2.24, 2.45) is 0 Å². The Morgan fingerprint density at radius 3 is 2.89 bits per heavy atom. The van der Waals surface area contributed by atoms with Crippen molar-refractivity contribution in [2.75, 3.05) is 0 Å². The van der Waals surface area contributed by atoms with Crippen molar-refractivity contribution < 1.29 is 4.79 Å². The summed E-state index contributed by atoms with van der Waals surface area (Å²) in [6.07, 6.45) is 7.31. The summed E-state index contributed by atoms with van der Waals surface area (Å²) in [5.41, 5.74) is 0.383. The quantitative estimate of drug-likeness (QED) is 0.445. The summed E-state index contributed by atoms with van der Waals surface area (Å²) in [6.45, 7) is 5.91. The van der Waals surface area contributed by atoms with Crippen LogP contribution < -0.4 is 10.9 Å². The van der Waals surface area contributed by atoms with Gasteiger partial charge >= 0.3 is 0 Å². The third-order valence-electron chi connectivity index (χ3n) is 4.80. The average molecular weight is 406 g/mol. The number of hydrogen-bond donors (Lipinski definition) is 1. The summed E-state index contributed by atoms with van der Waals surface area (Å²) in [5.74, 6) is -0.0162. The van der Waals surface area contributed by atoms with Gasteiger partial charge in [0.25, 0.3) is 5.56 Å². The monoisotopic (exact) mass is 405 g/mol. The third-order valence-corrected chi connectivity index (χ3v) is 6.12. The Labute approximate surface area is 168 Å². The molecule has 1 unspecified atom stereocenters. The van der Waals surface area contributed by atoms with E-state index >= 15 is 0 Å². The van der Waals surface area contributed by atoms with Crippen LogP contribution in [-0.4, -0.2) is 26.8 Å². The van der Waals surface area contributed by atoms with Gasteiger partial charge in [-0.05, 0) is 38.0 Å². The molecule has 5 nitrogen and oxygen atoms in total. The van der Waals surface area contributed by atoms with Crippen molar-refractivity contribution in [2.45, 2.75) is 62.0 Å². The lowest BCUT2D eigenvalue weighted by Gasteiger charge is -2.24. The van der Waals surface area contributed by atoms with Crippen molar-refractivity contribution in [1.82, 2.24) is 14.9 Å². The second-order valence-electron chi connectivity index (χ2n) is 6.86. The molecule has 0 aliphatic heterocycles.